The van der Waals surface area contributed by atoms with Gasteiger partial charge in [-0.3, -0.25) is 19.2 Å². The van der Waals surface area contributed by atoms with E-state index in [2.05, 4.69) is 10.1 Å². The Morgan fingerprint density at radius 3 is 1.97 bits per heavy atom. The van der Waals surface area contributed by atoms with Crippen molar-refractivity contribution in [2.75, 3.05) is 13.7 Å². The summed E-state index contributed by atoms with van der Waals surface area (Å²) in [5, 5.41) is 2.53. The summed E-state index contributed by atoms with van der Waals surface area (Å²) in [7, 11) is 1.19. The summed E-state index contributed by atoms with van der Waals surface area (Å²) in [4.78, 5) is 58.0. The van der Waals surface area contributed by atoms with Gasteiger partial charge in [0.2, 0.25) is 12.2 Å². The zero-order valence-electron chi connectivity index (χ0n) is 18.2. The van der Waals surface area contributed by atoms with Gasteiger partial charge in [0, 0.05) is 27.7 Å². The molecular weight excluding hydrogens is 418 g/mol. The molecule has 12 heteroatoms. The zero-order chi connectivity index (χ0) is 23.7. The van der Waals surface area contributed by atoms with Crippen LogP contribution in [0, 0.1) is 0 Å². The maximum atomic E-state index is 11.8. The molecule has 0 aromatic rings. The fraction of sp³-hybridized carbons (Fsp3) is 0.632. The van der Waals surface area contributed by atoms with Crippen molar-refractivity contribution >= 4 is 29.8 Å². The minimum absolute atomic E-state index is 0.0790. The average molecular weight is 445 g/mol. The van der Waals surface area contributed by atoms with Crippen molar-refractivity contribution in [2.45, 2.75) is 65.3 Å². The van der Waals surface area contributed by atoms with Crippen molar-refractivity contribution in [3.8, 4) is 0 Å². The molecule has 174 valence electrons. The molecule has 0 radical (unpaired) electrons. The lowest BCUT2D eigenvalue weighted by molar-refractivity contribution is -0.266. The normalized spacial score (nSPS) is 25.6. The Balaban J connectivity index is 3.35. The highest BCUT2D eigenvalue weighted by Gasteiger charge is 2.51. The quantitative estimate of drug-likeness (QED) is 0.227. The third-order valence-electron chi connectivity index (χ3n) is 3.96. The smallest absolute Gasteiger partial charge is 0.336 e. The van der Waals surface area contributed by atoms with Crippen molar-refractivity contribution in [2.24, 2.45) is 0 Å². The van der Waals surface area contributed by atoms with Crippen molar-refractivity contribution < 1.29 is 52.4 Å². The molecule has 1 heterocycles. The molecule has 1 rings (SSSR count). The van der Waals surface area contributed by atoms with E-state index in [1.165, 1.54) is 27.9 Å². The van der Waals surface area contributed by atoms with Crippen LogP contribution in [0.2, 0.25) is 0 Å². The Bertz CT molecular complexity index is 732. The van der Waals surface area contributed by atoms with Crippen LogP contribution in [0.1, 0.15) is 34.6 Å². The van der Waals surface area contributed by atoms with E-state index in [1.807, 2.05) is 0 Å². The minimum Gasteiger partial charge on any atom is -0.470 e. The molecule has 0 saturated carbocycles. The second kappa shape index (κ2) is 11.9. The van der Waals surface area contributed by atoms with E-state index in [9.17, 15) is 24.0 Å². The number of hydrogen-bond donors (Lipinski definition) is 1. The predicted octanol–water partition coefficient (Wildman–Crippen LogP) is -0.264. The maximum absolute atomic E-state index is 11.8. The van der Waals surface area contributed by atoms with Crippen LogP contribution < -0.4 is 5.32 Å². The summed E-state index contributed by atoms with van der Waals surface area (Å²) in [5.74, 6) is -3.27. The van der Waals surface area contributed by atoms with Crippen molar-refractivity contribution in [1.82, 2.24) is 5.32 Å². The molecule has 12 nitrogen and oxygen atoms in total. The summed E-state index contributed by atoms with van der Waals surface area (Å²) >= 11 is 0. The standard InChI is InChI=1S/C19H27NO11/c1-9(18(25)26-6)7-28-19-15(20-10(2)21)17(30-13(5)24)16(29-12(4)23)14(31-19)8-27-11(3)22/h7,14-17,19H,8H2,1-6H3,(H,20,21)/b9-7+/t14-,15-,16-,17-,19-/m1/s1. The number of nitrogens with one attached hydrogen (secondary N) is 1. The number of ether oxygens (including phenoxy) is 6. The summed E-state index contributed by atoms with van der Waals surface area (Å²) in [6.07, 6.45) is -3.86. The molecule has 0 bridgehead atoms. The van der Waals surface area contributed by atoms with E-state index in [-0.39, 0.29) is 12.2 Å². The van der Waals surface area contributed by atoms with Gasteiger partial charge in [-0.15, -0.1) is 0 Å². The largest absolute Gasteiger partial charge is 0.470 e. The van der Waals surface area contributed by atoms with Crippen LogP contribution in [-0.4, -0.2) is 74.1 Å². The number of carbonyl (C=O) groups excluding carboxylic acids is 5. The molecule has 1 amide bonds. The first-order valence-electron chi connectivity index (χ1n) is 9.27. The number of esters is 4. The van der Waals surface area contributed by atoms with Gasteiger partial charge in [-0.2, -0.15) is 0 Å². The monoisotopic (exact) mass is 445 g/mol. The van der Waals surface area contributed by atoms with Crippen LogP contribution in [0.4, 0.5) is 0 Å². The molecule has 5 atom stereocenters. The minimum atomic E-state index is -1.31. The number of carbonyl (C=O) groups is 5. The molecule has 0 spiro atoms. The van der Waals surface area contributed by atoms with Gasteiger partial charge in [0.15, 0.2) is 12.2 Å². The average Bonchev–Trinajstić information content (AvgIpc) is 2.66. The van der Waals surface area contributed by atoms with Crippen LogP contribution in [0.5, 0.6) is 0 Å². The van der Waals surface area contributed by atoms with E-state index in [0.29, 0.717) is 0 Å². The van der Waals surface area contributed by atoms with Crippen LogP contribution in [0.3, 0.4) is 0 Å². The van der Waals surface area contributed by atoms with Crippen LogP contribution in [-0.2, 0) is 52.4 Å². The van der Waals surface area contributed by atoms with Gasteiger partial charge in [-0.05, 0) is 6.92 Å². The Morgan fingerprint density at radius 2 is 1.48 bits per heavy atom. The first-order valence-corrected chi connectivity index (χ1v) is 9.27. The van der Waals surface area contributed by atoms with Gasteiger partial charge in [-0.1, -0.05) is 0 Å². The Kier molecular flexibility index (Phi) is 9.93. The van der Waals surface area contributed by atoms with Gasteiger partial charge >= 0.3 is 23.9 Å². The molecule has 0 aromatic carbocycles. The molecule has 0 aliphatic carbocycles. The molecular formula is C19H27NO11. The summed E-state index contributed by atoms with van der Waals surface area (Å²) < 4.78 is 31.4. The van der Waals surface area contributed by atoms with Crippen LogP contribution in [0.25, 0.3) is 0 Å². The molecule has 1 N–H and O–H groups in total. The number of amides is 1. The highest BCUT2D eigenvalue weighted by atomic mass is 16.7. The Morgan fingerprint density at radius 1 is 0.903 bits per heavy atom. The van der Waals surface area contributed by atoms with Crippen molar-refractivity contribution in [3.05, 3.63) is 11.8 Å². The predicted molar refractivity (Wildman–Crippen MR) is 101 cm³/mol. The highest BCUT2D eigenvalue weighted by Crippen LogP contribution is 2.28. The molecule has 1 aliphatic heterocycles. The first kappa shape index (κ1) is 25.9. The van der Waals surface area contributed by atoms with E-state index >= 15 is 0 Å². The topological polar surface area (TPSA) is 153 Å². The van der Waals surface area contributed by atoms with Crippen LogP contribution in [0.15, 0.2) is 11.8 Å². The number of methoxy groups -OCH3 is 1. The van der Waals surface area contributed by atoms with E-state index < -0.39 is 60.4 Å². The third kappa shape index (κ3) is 8.24. The number of hydrogen-bond acceptors (Lipinski definition) is 11. The highest BCUT2D eigenvalue weighted by molar-refractivity contribution is 5.87. The van der Waals surface area contributed by atoms with Gasteiger partial charge in [0.25, 0.3) is 0 Å². The second-order valence-electron chi connectivity index (χ2n) is 6.65. The lowest BCUT2D eigenvalue weighted by Crippen LogP contribution is -2.66. The van der Waals surface area contributed by atoms with Gasteiger partial charge in [-0.25, -0.2) is 4.79 Å². The second-order valence-corrected chi connectivity index (χ2v) is 6.65. The summed E-state index contributed by atoms with van der Waals surface area (Å²) in [6, 6.07) is -1.14. The van der Waals surface area contributed by atoms with Gasteiger partial charge < -0.3 is 33.7 Å². The van der Waals surface area contributed by atoms with Gasteiger partial charge in [0.05, 0.1) is 18.9 Å². The molecule has 31 heavy (non-hydrogen) atoms. The number of rotatable bonds is 8. The molecule has 0 aromatic heterocycles. The fourth-order valence-corrected chi connectivity index (χ4v) is 2.79. The third-order valence-corrected chi connectivity index (χ3v) is 3.96. The summed E-state index contributed by atoms with van der Waals surface area (Å²) in [5.41, 5.74) is 0.0790. The molecule has 0 unspecified atom stereocenters. The van der Waals surface area contributed by atoms with Crippen molar-refractivity contribution in [1.29, 1.82) is 0 Å². The zero-order valence-corrected chi connectivity index (χ0v) is 18.2. The molecule has 1 saturated heterocycles. The Labute approximate surface area is 179 Å². The molecule has 1 fully saturated rings. The SMILES string of the molecule is COC(=O)/C(C)=C/O[C@@H]1O[C@H](COC(C)=O)[C@@H](OC(C)=O)[C@H](OC(C)=O)[C@H]1NC(C)=O. The lowest BCUT2D eigenvalue weighted by Gasteiger charge is -2.44. The van der Waals surface area contributed by atoms with E-state index in [4.69, 9.17) is 23.7 Å². The maximum Gasteiger partial charge on any atom is 0.336 e. The fourth-order valence-electron chi connectivity index (χ4n) is 2.79. The first-order chi connectivity index (χ1) is 14.5. The van der Waals surface area contributed by atoms with E-state index in [0.717, 1.165) is 20.1 Å². The van der Waals surface area contributed by atoms with E-state index in [1.54, 1.807) is 0 Å². The van der Waals surface area contributed by atoms with Crippen LogP contribution >= 0.6 is 0 Å². The Hall–Kier alpha value is -3.15. The molecule has 1 aliphatic rings. The van der Waals surface area contributed by atoms with Gasteiger partial charge in [0.1, 0.15) is 18.8 Å². The lowest BCUT2D eigenvalue weighted by atomic mass is 9.96. The summed E-state index contributed by atoms with van der Waals surface area (Å²) in [6.45, 7) is 5.70. The van der Waals surface area contributed by atoms with Crippen molar-refractivity contribution in [3.63, 3.8) is 0 Å².